The lowest BCUT2D eigenvalue weighted by Crippen LogP contribution is -2.44. The molecule has 0 radical (unpaired) electrons. The van der Waals surface area contributed by atoms with Crippen LogP contribution in [0.1, 0.15) is 56.2 Å². The molecule has 3 aromatic heterocycles. The number of pyridine rings is 1. The summed E-state index contributed by atoms with van der Waals surface area (Å²) in [4.78, 5) is 9.07. The lowest BCUT2D eigenvalue weighted by molar-refractivity contribution is 0.229. The molecule has 3 aromatic rings. The Kier molecular flexibility index (Phi) is 3.02. The summed E-state index contributed by atoms with van der Waals surface area (Å²) in [5, 5.41) is 8.92. The van der Waals surface area contributed by atoms with Crippen LogP contribution in [0.4, 0.5) is 0 Å². The van der Waals surface area contributed by atoms with E-state index >= 15 is 0 Å². The molecule has 0 spiro atoms. The van der Waals surface area contributed by atoms with E-state index in [2.05, 4.69) is 34.1 Å². The quantitative estimate of drug-likeness (QED) is 0.792. The van der Waals surface area contributed by atoms with Crippen LogP contribution in [0.3, 0.4) is 0 Å². The number of fused-ring (bicyclic) bond motifs is 1. The fourth-order valence-corrected chi connectivity index (χ4v) is 2.89. The highest BCUT2D eigenvalue weighted by Gasteiger charge is 2.39. The van der Waals surface area contributed by atoms with Crippen molar-refractivity contribution in [3.8, 4) is 11.5 Å². The summed E-state index contributed by atoms with van der Waals surface area (Å²) < 4.78 is 10.8. The highest BCUT2D eigenvalue weighted by molar-refractivity contribution is 5.91. The van der Waals surface area contributed by atoms with Gasteiger partial charge >= 0.3 is 0 Å². The predicted octanol–water partition coefficient (Wildman–Crippen LogP) is 3.04. The van der Waals surface area contributed by atoms with Crippen LogP contribution in [-0.4, -0.2) is 20.3 Å². The van der Waals surface area contributed by atoms with Crippen LogP contribution >= 0.6 is 0 Å². The molecule has 0 atom stereocenters. The normalized spacial score (nSPS) is 16.9. The van der Waals surface area contributed by atoms with Crippen LogP contribution in [0.5, 0.6) is 0 Å². The van der Waals surface area contributed by atoms with Gasteiger partial charge in [0.15, 0.2) is 5.82 Å². The Morgan fingerprint density at radius 2 is 1.96 bits per heavy atom. The molecule has 0 bridgehead atoms. The van der Waals surface area contributed by atoms with Gasteiger partial charge in [-0.2, -0.15) is 4.98 Å². The second kappa shape index (κ2) is 4.86. The molecule has 23 heavy (non-hydrogen) atoms. The first-order chi connectivity index (χ1) is 11.0. The second-order valence-electron chi connectivity index (χ2n) is 6.63. The third kappa shape index (κ3) is 2.15. The van der Waals surface area contributed by atoms with Gasteiger partial charge in [0.2, 0.25) is 0 Å². The van der Waals surface area contributed by atoms with Gasteiger partial charge in [0.25, 0.3) is 11.6 Å². The molecular weight excluding hydrogens is 294 g/mol. The SMILES string of the molecule is Cc1noc2nc(C(C)C)cc(-c3nc(C4(N)CCC4)no3)c12. The maximum absolute atomic E-state index is 6.29. The van der Waals surface area contributed by atoms with Crippen molar-refractivity contribution < 1.29 is 9.05 Å². The van der Waals surface area contributed by atoms with Gasteiger partial charge in [0.05, 0.1) is 22.2 Å². The van der Waals surface area contributed by atoms with Crippen molar-refractivity contribution in [2.24, 2.45) is 5.73 Å². The van der Waals surface area contributed by atoms with Crippen LogP contribution in [0.25, 0.3) is 22.6 Å². The Bertz CT molecular complexity index is 876. The first kappa shape index (κ1) is 14.3. The Labute approximate surface area is 133 Å². The third-order valence-electron chi connectivity index (χ3n) is 4.58. The average molecular weight is 313 g/mol. The lowest BCUT2D eigenvalue weighted by atomic mass is 9.77. The Hall–Kier alpha value is -2.28. The number of aromatic nitrogens is 4. The number of nitrogens with zero attached hydrogens (tertiary/aromatic N) is 4. The maximum atomic E-state index is 6.29. The van der Waals surface area contributed by atoms with Gasteiger partial charge in [0, 0.05) is 5.69 Å². The van der Waals surface area contributed by atoms with Crippen molar-refractivity contribution in [1.82, 2.24) is 20.3 Å². The summed E-state index contributed by atoms with van der Waals surface area (Å²) in [5.74, 6) is 1.26. The van der Waals surface area contributed by atoms with Gasteiger partial charge in [-0.15, -0.1) is 0 Å². The Balaban J connectivity index is 1.89. The van der Waals surface area contributed by atoms with E-state index in [-0.39, 0.29) is 5.92 Å². The topological polar surface area (TPSA) is 104 Å². The predicted molar refractivity (Wildman–Crippen MR) is 83.6 cm³/mol. The molecule has 3 heterocycles. The highest BCUT2D eigenvalue weighted by Crippen LogP contribution is 2.38. The molecule has 1 fully saturated rings. The summed E-state index contributed by atoms with van der Waals surface area (Å²) in [6.07, 6.45) is 2.88. The summed E-state index contributed by atoms with van der Waals surface area (Å²) in [7, 11) is 0. The van der Waals surface area contributed by atoms with E-state index in [1.165, 1.54) is 0 Å². The van der Waals surface area contributed by atoms with Crippen molar-refractivity contribution in [2.45, 2.75) is 51.5 Å². The van der Waals surface area contributed by atoms with Gasteiger partial charge in [-0.3, -0.25) is 0 Å². The van der Waals surface area contributed by atoms with E-state index in [0.717, 1.165) is 41.6 Å². The van der Waals surface area contributed by atoms with Crippen LogP contribution in [0.15, 0.2) is 15.1 Å². The third-order valence-corrected chi connectivity index (χ3v) is 4.58. The van der Waals surface area contributed by atoms with E-state index in [0.29, 0.717) is 17.4 Å². The minimum atomic E-state index is -0.446. The number of nitrogens with two attached hydrogens (primary N) is 1. The molecule has 1 saturated carbocycles. The van der Waals surface area contributed by atoms with Crippen LogP contribution in [-0.2, 0) is 5.54 Å². The molecule has 2 N–H and O–H groups in total. The molecule has 7 nitrogen and oxygen atoms in total. The molecule has 0 saturated heterocycles. The maximum Gasteiger partial charge on any atom is 0.259 e. The molecule has 0 amide bonds. The first-order valence-electron chi connectivity index (χ1n) is 7.88. The van der Waals surface area contributed by atoms with Gasteiger partial charge in [-0.25, -0.2) is 4.98 Å². The fourth-order valence-electron chi connectivity index (χ4n) is 2.89. The largest absolute Gasteiger partial charge is 0.336 e. The molecule has 4 rings (SSSR count). The van der Waals surface area contributed by atoms with Crippen LogP contribution < -0.4 is 5.73 Å². The highest BCUT2D eigenvalue weighted by atomic mass is 16.5. The molecular formula is C16H19N5O2. The van der Waals surface area contributed by atoms with Gasteiger partial charge in [-0.1, -0.05) is 24.2 Å². The molecule has 7 heteroatoms. The van der Waals surface area contributed by atoms with Crippen molar-refractivity contribution in [1.29, 1.82) is 0 Å². The molecule has 0 aromatic carbocycles. The smallest absolute Gasteiger partial charge is 0.259 e. The average Bonchev–Trinajstić information content (AvgIpc) is 3.12. The van der Waals surface area contributed by atoms with Crippen molar-refractivity contribution in [3.63, 3.8) is 0 Å². The standard InChI is InChI=1S/C16H19N5O2/c1-8(2)11-7-10(12-9(3)20-23-14(12)18-11)13-19-15(21-22-13)16(17)5-4-6-16/h7-8H,4-6,17H2,1-3H3. The van der Waals surface area contributed by atoms with Crippen LogP contribution in [0.2, 0.25) is 0 Å². The van der Waals surface area contributed by atoms with E-state index in [1.807, 2.05) is 13.0 Å². The molecule has 0 aliphatic heterocycles. The molecule has 120 valence electrons. The zero-order chi connectivity index (χ0) is 16.2. The molecule has 1 aliphatic rings. The van der Waals surface area contributed by atoms with E-state index < -0.39 is 5.54 Å². The summed E-state index contributed by atoms with van der Waals surface area (Å²) in [6, 6.07) is 1.97. The van der Waals surface area contributed by atoms with Gasteiger partial charge < -0.3 is 14.8 Å². The summed E-state index contributed by atoms with van der Waals surface area (Å²) in [5.41, 5.74) is 8.79. The van der Waals surface area contributed by atoms with Crippen molar-refractivity contribution >= 4 is 11.1 Å². The van der Waals surface area contributed by atoms with E-state index in [9.17, 15) is 0 Å². The lowest BCUT2D eigenvalue weighted by Gasteiger charge is -2.34. The molecule has 0 unspecified atom stereocenters. The fraction of sp³-hybridized carbons (Fsp3) is 0.500. The minimum absolute atomic E-state index is 0.249. The van der Waals surface area contributed by atoms with Crippen molar-refractivity contribution in [2.75, 3.05) is 0 Å². The first-order valence-corrected chi connectivity index (χ1v) is 7.88. The van der Waals surface area contributed by atoms with Crippen molar-refractivity contribution in [3.05, 3.63) is 23.3 Å². The zero-order valence-electron chi connectivity index (χ0n) is 13.5. The number of rotatable bonds is 3. The van der Waals surface area contributed by atoms with Crippen LogP contribution in [0, 0.1) is 6.92 Å². The Morgan fingerprint density at radius 3 is 2.61 bits per heavy atom. The van der Waals surface area contributed by atoms with E-state index in [1.54, 1.807) is 0 Å². The van der Waals surface area contributed by atoms with Gasteiger partial charge in [-0.05, 0) is 38.2 Å². The zero-order valence-corrected chi connectivity index (χ0v) is 13.5. The summed E-state index contributed by atoms with van der Waals surface area (Å²) in [6.45, 7) is 6.02. The second-order valence-corrected chi connectivity index (χ2v) is 6.63. The Morgan fingerprint density at radius 1 is 1.17 bits per heavy atom. The minimum Gasteiger partial charge on any atom is -0.336 e. The summed E-state index contributed by atoms with van der Waals surface area (Å²) >= 11 is 0. The number of hydrogen-bond acceptors (Lipinski definition) is 7. The number of aryl methyl sites for hydroxylation is 1. The number of hydrogen-bond donors (Lipinski definition) is 1. The monoisotopic (exact) mass is 313 g/mol. The molecule has 1 aliphatic carbocycles. The van der Waals surface area contributed by atoms with E-state index in [4.69, 9.17) is 14.8 Å². The van der Waals surface area contributed by atoms with Gasteiger partial charge in [0.1, 0.15) is 0 Å².